The third kappa shape index (κ3) is 5.33. The maximum absolute atomic E-state index is 10.4. The van der Waals surface area contributed by atoms with Gasteiger partial charge in [-0.3, -0.25) is 0 Å². The number of furan rings is 1. The topological polar surface area (TPSA) is 23.0 Å². The Morgan fingerprint density at radius 3 is 1.64 bits per heavy atom. The van der Waals surface area contributed by atoms with Gasteiger partial charge in [0.05, 0.1) is 68.8 Å². The predicted molar refractivity (Wildman–Crippen MR) is 271 cm³/mol. The van der Waals surface area contributed by atoms with Crippen molar-refractivity contribution in [3.63, 3.8) is 0 Å². The van der Waals surface area contributed by atoms with E-state index in [0.29, 0.717) is 10.8 Å². The molecule has 300 valence electrons. The summed E-state index contributed by atoms with van der Waals surface area (Å²) in [5.41, 5.74) is -1.77. The van der Waals surface area contributed by atoms with Gasteiger partial charge >= 0.3 is 0 Å². The second-order valence-electron chi connectivity index (χ2n) is 14.8. The third-order valence-electron chi connectivity index (χ3n) is 11.6. The number of para-hydroxylation sites is 4. The molecule has 0 aliphatic heterocycles. The molecule has 0 amide bonds. The Labute approximate surface area is 407 Å². The highest BCUT2D eigenvalue weighted by Crippen LogP contribution is 2.45. The monoisotopic (exact) mass is 858 g/mol. The molecule has 0 saturated heterocycles. The Kier molecular flexibility index (Phi) is 4.30. The molecule has 0 aliphatic rings. The van der Waals surface area contributed by atoms with Crippen LogP contribution in [0.4, 0.5) is 0 Å². The highest BCUT2D eigenvalue weighted by molar-refractivity contribution is 7.19. The first-order valence-electron chi connectivity index (χ1n) is 32.9. The van der Waals surface area contributed by atoms with E-state index in [1.54, 1.807) is 54.6 Å². The molecule has 0 saturated carbocycles. The van der Waals surface area contributed by atoms with Crippen molar-refractivity contribution < 1.29 is 40.1 Å². The van der Waals surface area contributed by atoms with Crippen LogP contribution in [0.3, 0.4) is 0 Å². The van der Waals surface area contributed by atoms with E-state index in [9.17, 15) is 16.4 Å². The zero-order valence-corrected chi connectivity index (χ0v) is 33.9. The molecular weight excluding hydrogens is 793 g/mol. The van der Waals surface area contributed by atoms with E-state index in [4.69, 9.17) is 23.6 Å². The lowest BCUT2D eigenvalue weighted by Crippen LogP contribution is -2.74. The first-order chi connectivity index (χ1) is 42.6. The minimum atomic E-state index is -5.62. The normalized spacial score (nSPS) is 18.5. The van der Waals surface area contributed by atoms with Gasteiger partial charge in [-0.05, 0) is 74.2 Å². The lowest BCUT2D eigenvalue weighted by Gasteiger charge is -2.34. The van der Waals surface area contributed by atoms with E-state index in [0.717, 1.165) is 0 Å². The van der Waals surface area contributed by atoms with Crippen LogP contribution in [-0.2, 0) is 0 Å². The molecule has 64 heavy (non-hydrogen) atoms. The number of aromatic nitrogens is 2. The highest BCUT2D eigenvalue weighted by Gasteiger charge is 2.41. The Balaban J connectivity index is 1.22. The SMILES string of the molecule is [2H]c1c([2H])c([2H])c(-c2c([2H])c([2H])c([Si](c3ccccc3)(c3c([2H])c([2H])c([2H])c([2H])c3[2H])c3c([2H])c([2H])c(-n4c5ccccc5c5cc(-n6c7c([2H])c([2H])c([2H])c([2H])c7c7c([2H])c([2H])c([2H])c([2H])c76)c6oc7ccccc7c6c54)c([2H])c3[2H])c([2H])c2[2H])c([2H])c1[2H]. The molecule has 0 spiro atoms. The van der Waals surface area contributed by atoms with E-state index < -0.39 is 198 Å². The van der Waals surface area contributed by atoms with E-state index in [2.05, 4.69) is 0 Å². The zero-order chi connectivity index (χ0) is 64.8. The second-order valence-corrected chi connectivity index (χ2v) is 18.4. The van der Waals surface area contributed by atoms with Crippen molar-refractivity contribution in [3.8, 4) is 22.5 Å². The minimum absolute atomic E-state index is 0.0244. The number of benzene rings is 10. The van der Waals surface area contributed by atoms with Crippen LogP contribution in [0.5, 0.6) is 0 Å². The molecule has 10 aromatic carbocycles. The Hall–Kier alpha value is -8.18. The number of nitrogens with zero attached hydrogens (tertiary/aromatic N) is 2. The first kappa shape index (κ1) is 19.1. The maximum atomic E-state index is 10.4. The highest BCUT2D eigenvalue weighted by atomic mass is 28.3. The van der Waals surface area contributed by atoms with Crippen molar-refractivity contribution in [1.29, 1.82) is 0 Å². The van der Waals surface area contributed by atoms with Gasteiger partial charge in [0.1, 0.15) is 5.58 Å². The lowest BCUT2D eigenvalue weighted by atomic mass is 10.1. The summed E-state index contributed by atoms with van der Waals surface area (Å²) in [4.78, 5) is 0. The molecule has 3 heterocycles. The summed E-state index contributed by atoms with van der Waals surface area (Å²) in [6.45, 7) is 0. The van der Waals surface area contributed by atoms with Crippen LogP contribution in [0.1, 0.15) is 35.6 Å². The van der Waals surface area contributed by atoms with Crippen LogP contribution < -0.4 is 20.7 Å². The van der Waals surface area contributed by atoms with Gasteiger partial charge in [-0.1, -0.05) is 200 Å². The van der Waals surface area contributed by atoms with Crippen molar-refractivity contribution in [3.05, 3.63) is 242 Å². The Bertz CT molecular complexity index is 5270. The van der Waals surface area contributed by atoms with Crippen molar-refractivity contribution in [2.45, 2.75) is 0 Å². The number of hydrogen-bond acceptors (Lipinski definition) is 1. The molecule has 3 nitrogen and oxygen atoms in total. The summed E-state index contributed by atoms with van der Waals surface area (Å²) in [5, 5.41) is -1.40. The van der Waals surface area contributed by atoms with Crippen molar-refractivity contribution in [2.24, 2.45) is 0 Å². The van der Waals surface area contributed by atoms with Crippen molar-refractivity contribution in [2.75, 3.05) is 0 Å². The summed E-state index contributed by atoms with van der Waals surface area (Å²) in [7, 11) is -5.62. The van der Waals surface area contributed by atoms with Gasteiger partial charge < -0.3 is 13.6 Å². The van der Waals surface area contributed by atoms with Gasteiger partial charge in [-0.2, -0.15) is 0 Å². The van der Waals surface area contributed by atoms with Crippen LogP contribution in [0.15, 0.2) is 246 Å². The summed E-state index contributed by atoms with van der Waals surface area (Å²) in [6, 6.07) is 0.392. The molecule has 4 heteroatoms. The Morgan fingerprint density at radius 2 is 0.938 bits per heavy atom. The van der Waals surface area contributed by atoms with Gasteiger partial charge in [0.2, 0.25) is 0 Å². The fraction of sp³-hybridized carbons (Fsp3) is 0. The third-order valence-corrected chi connectivity index (χ3v) is 15.8. The van der Waals surface area contributed by atoms with Gasteiger partial charge in [0.15, 0.2) is 13.7 Å². The van der Waals surface area contributed by atoms with E-state index in [-0.39, 0.29) is 65.7 Å². The molecule has 0 bridgehead atoms. The number of fused-ring (bicyclic) bond motifs is 10. The molecular formula is C60H40N2OSi. The summed E-state index contributed by atoms with van der Waals surface area (Å²) in [6.07, 6.45) is 0. The van der Waals surface area contributed by atoms with Gasteiger partial charge in [-0.25, -0.2) is 0 Å². The lowest BCUT2D eigenvalue weighted by molar-refractivity contribution is 0.666. The predicted octanol–water partition coefficient (Wildman–Crippen LogP) is 12.8. The summed E-state index contributed by atoms with van der Waals surface area (Å²) in [5.74, 6) is 0. The molecule has 3 aromatic heterocycles. The minimum Gasteiger partial charge on any atom is -0.454 e. The second kappa shape index (κ2) is 14.5. The molecule has 1 atom stereocenters. The van der Waals surface area contributed by atoms with E-state index in [1.807, 2.05) is 0 Å². The molecule has 13 rings (SSSR count). The van der Waals surface area contributed by atoms with Crippen molar-refractivity contribution in [1.82, 2.24) is 9.13 Å². The molecule has 0 radical (unpaired) electrons. The van der Waals surface area contributed by atoms with Gasteiger partial charge in [0, 0.05) is 32.6 Å². The zero-order valence-electron chi connectivity index (χ0n) is 58.9. The van der Waals surface area contributed by atoms with E-state index >= 15 is 0 Å². The fourth-order valence-corrected chi connectivity index (χ4v) is 12.7. The van der Waals surface area contributed by atoms with Gasteiger partial charge in [-0.15, -0.1) is 0 Å². The van der Waals surface area contributed by atoms with Crippen LogP contribution in [0.2, 0.25) is 0 Å². The molecule has 1 unspecified atom stereocenters. The number of hydrogen-bond donors (Lipinski definition) is 0. The van der Waals surface area contributed by atoms with Crippen LogP contribution >= 0.6 is 0 Å². The summed E-state index contributed by atoms with van der Waals surface area (Å²) >= 11 is 0. The average Bonchev–Trinajstić information content (AvgIpc) is 1.09. The average molecular weight is 859 g/mol. The van der Waals surface area contributed by atoms with Crippen LogP contribution in [-0.4, -0.2) is 17.2 Å². The standard InChI is InChI=1S/C60H40N2OSi/c1-4-18-41(19-5-1)42-32-36-46(37-33-42)64(44-20-6-2-7-21-44,45-22-8-3-9-23-45)47-38-34-43(35-39-47)61-53-28-14-12-26-50(53)52-40-56(60-58(59(52)61)51-27-13-17-31-57(51)63-60)62-54-29-15-10-24-48(54)49-25-11-16-30-55(49)62/h1-40H/i1D,2D,4D,5D,6D,7D,10D,11D,15D,16D,18D,19D,20D,21D,24D,25D,29D,30D,32D,33D,34D,35D,36D,37D,38D,39D. The smallest absolute Gasteiger partial charge is 0.179 e. The molecule has 13 aromatic rings. The fourth-order valence-electron chi connectivity index (χ4n) is 8.92. The van der Waals surface area contributed by atoms with Crippen molar-refractivity contribution >= 4 is 94.4 Å². The first-order valence-corrected chi connectivity index (χ1v) is 21.9. The maximum Gasteiger partial charge on any atom is 0.179 e. The summed E-state index contributed by atoms with van der Waals surface area (Å²) < 4.78 is 251. The van der Waals surface area contributed by atoms with Crippen LogP contribution in [0, 0.1) is 0 Å². The quantitative estimate of drug-likeness (QED) is 0.116. The molecule has 0 fully saturated rings. The molecule has 0 aliphatic carbocycles. The van der Waals surface area contributed by atoms with Gasteiger partial charge in [0.25, 0.3) is 0 Å². The molecule has 0 N–H and O–H groups in total. The number of rotatable bonds is 7. The van der Waals surface area contributed by atoms with E-state index in [1.165, 1.54) is 39.5 Å². The van der Waals surface area contributed by atoms with Crippen LogP contribution in [0.25, 0.3) is 88.1 Å². The largest absolute Gasteiger partial charge is 0.454 e. The Morgan fingerprint density at radius 1 is 0.391 bits per heavy atom.